The number of hydrogen-bond acceptors (Lipinski definition) is 2. The highest BCUT2D eigenvalue weighted by molar-refractivity contribution is 5.34. The van der Waals surface area contributed by atoms with E-state index in [-0.39, 0.29) is 5.82 Å². The zero-order chi connectivity index (χ0) is 11.9. The molecule has 5 heteroatoms. The summed E-state index contributed by atoms with van der Waals surface area (Å²) in [6.07, 6.45) is -4.82. The van der Waals surface area contributed by atoms with E-state index in [1.54, 1.807) is 0 Å². The van der Waals surface area contributed by atoms with Crippen LogP contribution in [0.4, 0.5) is 19.0 Å². The molecule has 0 aliphatic heterocycles. The third-order valence-electron chi connectivity index (χ3n) is 1.19. The number of pyridine rings is 1. The van der Waals surface area contributed by atoms with Crippen LogP contribution in [0.3, 0.4) is 0 Å². The highest BCUT2D eigenvalue weighted by Gasteiger charge is 2.34. The second kappa shape index (κ2) is 2.66. The van der Waals surface area contributed by atoms with E-state index in [0.29, 0.717) is 0 Å². The molecule has 0 saturated heterocycles. The maximum absolute atomic E-state index is 12.4. The molecule has 2 nitrogen and oxygen atoms in total. The molecular formula is C7H7F3N2. The lowest BCUT2D eigenvalue weighted by molar-refractivity contribution is -0.141. The van der Waals surface area contributed by atoms with Gasteiger partial charge in [0, 0.05) is 4.11 Å². The third kappa shape index (κ3) is 1.66. The number of nitrogens with two attached hydrogens (primary N) is 1. The topological polar surface area (TPSA) is 38.9 Å². The van der Waals surface area contributed by atoms with Gasteiger partial charge < -0.3 is 5.73 Å². The van der Waals surface area contributed by atoms with Crippen LogP contribution in [0.1, 0.15) is 15.4 Å². The van der Waals surface area contributed by atoms with E-state index in [1.807, 2.05) is 0 Å². The summed E-state index contributed by atoms with van der Waals surface area (Å²) in [6, 6.07) is 1.84. The Hall–Kier alpha value is -1.26. The molecule has 0 aromatic carbocycles. The average Bonchev–Trinajstić information content (AvgIpc) is 2.00. The lowest BCUT2D eigenvalue weighted by Gasteiger charge is -2.08. The second-order valence-electron chi connectivity index (χ2n) is 2.13. The SMILES string of the molecule is [2H]C([2H])([2H])c1ccc(N)nc1C(F)(F)F. The number of nitrogen functional groups attached to an aromatic ring is 1. The van der Waals surface area contributed by atoms with Crippen molar-refractivity contribution in [3.63, 3.8) is 0 Å². The fraction of sp³-hybridized carbons (Fsp3) is 0.286. The van der Waals surface area contributed by atoms with Gasteiger partial charge in [-0.25, -0.2) is 4.98 Å². The van der Waals surface area contributed by atoms with Gasteiger partial charge in [-0.1, -0.05) is 6.07 Å². The van der Waals surface area contributed by atoms with Crippen LogP contribution < -0.4 is 5.73 Å². The largest absolute Gasteiger partial charge is 0.433 e. The van der Waals surface area contributed by atoms with E-state index < -0.39 is 24.3 Å². The molecule has 0 aliphatic carbocycles. The third-order valence-corrected chi connectivity index (χ3v) is 1.19. The Bertz CT molecular complexity index is 373. The number of rotatable bonds is 0. The van der Waals surface area contributed by atoms with Crippen molar-refractivity contribution < 1.29 is 17.3 Å². The van der Waals surface area contributed by atoms with Crippen LogP contribution >= 0.6 is 0 Å². The van der Waals surface area contributed by atoms with Gasteiger partial charge in [0.05, 0.1) is 0 Å². The monoisotopic (exact) mass is 179 g/mol. The summed E-state index contributed by atoms with van der Waals surface area (Å²) in [5.41, 5.74) is 2.77. The molecule has 2 N–H and O–H groups in total. The molecule has 1 aromatic rings. The van der Waals surface area contributed by atoms with E-state index in [9.17, 15) is 13.2 Å². The summed E-state index contributed by atoms with van der Waals surface area (Å²) in [5, 5.41) is 0. The normalized spacial score (nSPS) is 16.4. The summed E-state index contributed by atoms with van der Waals surface area (Å²) in [7, 11) is 0. The molecule has 0 bridgehead atoms. The predicted octanol–water partition coefficient (Wildman–Crippen LogP) is 1.99. The molecule has 0 saturated carbocycles. The first-order valence-corrected chi connectivity index (χ1v) is 2.96. The molecule has 0 unspecified atom stereocenters. The summed E-state index contributed by atoms with van der Waals surface area (Å²) in [4.78, 5) is 3.00. The Balaban J connectivity index is 3.41. The van der Waals surface area contributed by atoms with Crippen LogP contribution in [0.25, 0.3) is 0 Å². The van der Waals surface area contributed by atoms with Gasteiger partial charge in [0.1, 0.15) is 11.5 Å². The lowest BCUT2D eigenvalue weighted by Crippen LogP contribution is -2.11. The van der Waals surface area contributed by atoms with Crippen LogP contribution in [0.2, 0.25) is 0 Å². The Kier molecular flexibility index (Phi) is 1.19. The molecule has 1 aromatic heterocycles. The van der Waals surface area contributed by atoms with Gasteiger partial charge in [0.2, 0.25) is 0 Å². The number of anilines is 1. The molecule has 0 fully saturated rings. The van der Waals surface area contributed by atoms with Crippen LogP contribution in [0.5, 0.6) is 0 Å². The van der Waals surface area contributed by atoms with Gasteiger partial charge in [-0.15, -0.1) is 0 Å². The molecule has 12 heavy (non-hydrogen) atoms. The molecule has 0 aliphatic rings. The number of alkyl halides is 3. The maximum Gasteiger partial charge on any atom is 0.433 e. The van der Waals surface area contributed by atoms with Gasteiger partial charge in [-0.05, 0) is 18.5 Å². The number of halogens is 3. The predicted molar refractivity (Wildman–Crippen MR) is 38.4 cm³/mol. The van der Waals surface area contributed by atoms with Crippen molar-refractivity contribution in [1.82, 2.24) is 4.98 Å². The molecule has 0 radical (unpaired) electrons. The molecule has 0 spiro atoms. The van der Waals surface area contributed by atoms with Crippen molar-refractivity contribution in [2.75, 3.05) is 5.73 Å². The van der Waals surface area contributed by atoms with Gasteiger partial charge in [-0.2, -0.15) is 13.2 Å². The van der Waals surface area contributed by atoms with Crippen molar-refractivity contribution >= 4 is 5.82 Å². The van der Waals surface area contributed by atoms with Gasteiger partial charge >= 0.3 is 6.18 Å². The molecule has 0 atom stereocenters. The van der Waals surface area contributed by atoms with Crippen LogP contribution in [-0.2, 0) is 6.18 Å². The first kappa shape index (κ1) is 5.40. The summed E-state index contributed by atoms with van der Waals surface area (Å²) in [6.45, 7) is -2.86. The van der Waals surface area contributed by atoms with Crippen LogP contribution in [0, 0.1) is 6.85 Å². The van der Waals surface area contributed by atoms with Crippen molar-refractivity contribution in [1.29, 1.82) is 0 Å². The molecule has 1 rings (SSSR count). The van der Waals surface area contributed by atoms with E-state index in [4.69, 9.17) is 9.85 Å². The Labute approximate surface area is 71.4 Å². The van der Waals surface area contributed by atoms with E-state index >= 15 is 0 Å². The van der Waals surface area contributed by atoms with Crippen LogP contribution in [-0.4, -0.2) is 4.98 Å². The van der Waals surface area contributed by atoms with Crippen molar-refractivity contribution in [2.24, 2.45) is 0 Å². The first-order chi connectivity index (χ1) is 6.62. The van der Waals surface area contributed by atoms with Crippen molar-refractivity contribution in [3.05, 3.63) is 23.4 Å². The zero-order valence-corrected chi connectivity index (χ0v) is 5.81. The fourth-order valence-corrected chi connectivity index (χ4v) is 0.690. The summed E-state index contributed by atoms with van der Waals surface area (Å²) in [5.74, 6) is -0.365. The van der Waals surface area contributed by atoms with E-state index in [2.05, 4.69) is 4.98 Å². The minimum Gasteiger partial charge on any atom is -0.384 e. The smallest absolute Gasteiger partial charge is 0.384 e. The molecule has 0 amide bonds. The molecular weight excluding hydrogens is 169 g/mol. The Morgan fingerprint density at radius 1 is 1.50 bits per heavy atom. The Morgan fingerprint density at radius 2 is 2.17 bits per heavy atom. The maximum atomic E-state index is 12.4. The lowest BCUT2D eigenvalue weighted by atomic mass is 10.2. The van der Waals surface area contributed by atoms with E-state index in [1.165, 1.54) is 0 Å². The quantitative estimate of drug-likeness (QED) is 0.661. The minimum absolute atomic E-state index is 0.365. The molecule has 66 valence electrons. The van der Waals surface area contributed by atoms with E-state index in [0.717, 1.165) is 12.1 Å². The van der Waals surface area contributed by atoms with Crippen molar-refractivity contribution in [3.8, 4) is 0 Å². The second-order valence-corrected chi connectivity index (χ2v) is 2.13. The highest BCUT2D eigenvalue weighted by Crippen LogP contribution is 2.30. The van der Waals surface area contributed by atoms with Crippen molar-refractivity contribution in [2.45, 2.75) is 13.0 Å². The number of nitrogens with zero attached hydrogens (tertiary/aromatic N) is 1. The van der Waals surface area contributed by atoms with Gasteiger partial charge in [-0.3, -0.25) is 0 Å². The fourth-order valence-electron chi connectivity index (χ4n) is 0.690. The standard InChI is InChI=1S/C7H7F3N2/c1-4-2-3-5(11)12-6(4)7(8,9)10/h2-3H,1H3,(H2,11,12)/i1D3. The molecule has 1 heterocycles. The average molecular weight is 179 g/mol. The van der Waals surface area contributed by atoms with Gasteiger partial charge in [0.15, 0.2) is 0 Å². The zero-order valence-electron chi connectivity index (χ0n) is 8.81. The first-order valence-electron chi connectivity index (χ1n) is 4.46. The highest BCUT2D eigenvalue weighted by atomic mass is 19.4. The number of aromatic nitrogens is 1. The number of hydrogen-bond donors (Lipinski definition) is 1. The minimum atomic E-state index is -4.82. The summed E-state index contributed by atoms with van der Waals surface area (Å²) >= 11 is 0. The number of aryl methyl sites for hydroxylation is 1. The van der Waals surface area contributed by atoms with Gasteiger partial charge in [0.25, 0.3) is 0 Å². The van der Waals surface area contributed by atoms with Crippen LogP contribution in [0.15, 0.2) is 12.1 Å². The summed E-state index contributed by atoms with van der Waals surface area (Å²) < 4.78 is 57.9. The Morgan fingerprint density at radius 3 is 2.67 bits per heavy atom.